The zero-order valence-corrected chi connectivity index (χ0v) is 10.1. The molecule has 0 unspecified atom stereocenters. The minimum atomic E-state index is -3.64. The number of nitrogens with zero attached hydrogens (tertiary/aromatic N) is 1. The Balaban J connectivity index is 2.11. The van der Waals surface area contributed by atoms with Crippen LogP contribution in [-0.4, -0.2) is 25.8 Å². The molecule has 1 aliphatic heterocycles. The number of hydrogen-bond donors (Lipinski definition) is 1. The Morgan fingerprint density at radius 3 is 2.35 bits per heavy atom. The first kappa shape index (κ1) is 12.1. The number of carbonyl (C=O) groups excluding carboxylic acids is 1. The average molecular weight is 254 g/mol. The monoisotopic (exact) mass is 254 g/mol. The van der Waals surface area contributed by atoms with Crippen LogP contribution in [0.25, 0.3) is 0 Å². The van der Waals surface area contributed by atoms with Crippen molar-refractivity contribution in [1.29, 1.82) is 0 Å². The molecule has 1 fully saturated rings. The third-order valence-electron chi connectivity index (χ3n) is 2.80. The number of amides is 1. The predicted molar refractivity (Wildman–Crippen MR) is 62.5 cm³/mol. The lowest BCUT2D eigenvalue weighted by Gasteiger charge is -2.15. The van der Waals surface area contributed by atoms with Crippen LogP contribution in [0, 0.1) is 0 Å². The highest BCUT2D eigenvalue weighted by Gasteiger charge is 2.20. The van der Waals surface area contributed by atoms with Crippen LogP contribution in [-0.2, 0) is 21.4 Å². The number of carbonyl (C=O) groups is 1. The molecule has 2 rings (SSSR count). The van der Waals surface area contributed by atoms with E-state index >= 15 is 0 Å². The minimum Gasteiger partial charge on any atom is -0.338 e. The lowest BCUT2D eigenvalue weighted by molar-refractivity contribution is -0.128. The molecule has 1 aliphatic rings. The largest absolute Gasteiger partial charge is 0.338 e. The van der Waals surface area contributed by atoms with Gasteiger partial charge in [-0.05, 0) is 24.1 Å². The summed E-state index contributed by atoms with van der Waals surface area (Å²) in [4.78, 5) is 13.3. The third kappa shape index (κ3) is 2.83. The normalized spacial score (nSPS) is 16.5. The van der Waals surface area contributed by atoms with E-state index in [0.29, 0.717) is 13.0 Å². The van der Waals surface area contributed by atoms with Gasteiger partial charge in [-0.25, -0.2) is 13.6 Å². The van der Waals surface area contributed by atoms with Gasteiger partial charge in [-0.15, -0.1) is 0 Å². The summed E-state index contributed by atoms with van der Waals surface area (Å²) in [5, 5.41) is 5.00. The molecule has 0 aromatic heterocycles. The van der Waals surface area contributed by atoms with E-state index in [1.807, 2.05) is 0 Å². The van der Waals surface area contributed by atoms with Gasteiger partial charge in [0.25, 0.3) is 0 Å². The van der Waals surface area contributed by atoms with E-state index in [-0.39, 0.29) is 10.8 Å². The fraction of sp³-hybridized carbons (Fsp3) is 0.364. The van der Waals surface area contributed by atoms with Crippen LogP contribution in [0.5, 0.6) is 0 Å². The van der Waals surface area contributed by atoms with E-state index in [2.05, 4.69) is 0 Å². The lowest BCUT2D eigenvalue weighted by atomic mass is 10.2. The molecule has 0 saturated carbocycles. The second-order valence-corrected chi connectivity index (χ2v) is 5.67. The first-order valence-electron chi connectivity index (χ1n) is 5.36. The molecule has 2 N–H and O–H groups in total. The molecule has 6 heteroatoms. The molecule has 1 aromatic carbocycles. The van der Waals surface area contributed by atoms with Gasteiger partial charge in [0.05, 0.1) is 4.90 Å². The molecular formula is C11H14N2O3S. The molecular weight excluding hydrogens is 240 g/mol. The fourth-order valence-electron chi connectivity index (χ4n) is 1.88. The summed E-state index contributed by atoms with van der Waals surface area (Å²) in [6.07, 6.45) is 1.50. The number of likely N-dealkylation sites (tertiary alicyclic amines) is 1. The summed E-state index contributed by atoms with van der Waals surface area (Å²) < 4.78 is 22.1. The molecule has 0 atom stereocenters. The van der Waals surface area contributed by atoms with Crippen molar-refractivity contribution in [2.75, 3.05) is 6.54 Å². The number of hydrogen-bond acceptors (Lipinski definition) is 3. The number of rotatable bonds is 3. The topological polar surface area (TPSA) is 80.5 Å². The molecule has 0 spiro atoms. The average Bonchev–Trinajstić information content (AvgIpc) is 2.64. The van der Waals surface area contributed by atoms with Crippen LogP contribution < -0.4 is 5.14 Å². The Labute approximate surface area is 100 Å². The number of sulfonamides is 1. The highest BCUT2D eigenvalue weighted by atomic mass is 32.2. The smallest absolute Gasteiger partial charge is 0.238 e. The van der Waals surface area contributed by atoms with Gasteiger partial charge in [0, 0.05) is 19.5 Å². The molecule has 17 heavy (non-hydrogen) atoms. The molecule has 1 heterocycles. The van der Waals surface area contributed by atoms with E-state index in [4.69, 9.17) is 5.14 Å². The maximum absolute atomic E-state index is 11.4. The van der Waals surface area contributed by atoms with Gasteiger partial charge in [-0.2, -0.15) is 0 Å². The summed E-state index contributed by atoms with van der Waals surface area (Å²) >= 11 is 0. The quantitative estimate of drug-likeness (QED) is 0.850. The number of nitrogens with two attached hydrogens (primary N) is 1. The van der Waals surface area contributed by atoms with Crippen LogP contribution >= 0.6 is 0 Å². The number of primary sulfonamides is 1. The van der Waals surface area contributed by atoms with Gasteiger partial charge >= 0.3 is 0 Å². The Morgan fingerprint density at radius 2 is 1.88 bits per heavy atom. The maximum Gasteiger partial charge on any atom is 0.238 e. The van der Waals surface area contributed by atoms with Crippen molar-refractivity contribution < 1.29 is 13.2 Å². The van der Waals surface area contributed by atoms with Gasteiger partial charge < -0.3 is 4.90 Å². The standard InChI is InChI=1S/C11H14N2O3S/c12-17(15,16)10-5-3-9(4-6-10)8-13-7-1-2-11(13)14/h3-6H,1-2,7-8H2,(H2,12,15,16). The highest BCUT2D eigenvalue weighted by molar-refractivity contribution is 7.89. The molecule has 0 radical (unpaired) electrons. The zero-order valence-electron chi connectivity index (χ0n) is 9.30. The Morgan fingerprint density at radius 1 is 1.24 bits per heavy atom. The SMILES string of the molecule is NS(=O)(=O)c1ccc(CN2CCCC2=O)cc1. The predicted octanol–water partition coefficient (Wildman–Crippen LogP) is 0.456. The van der Waals surface area contributed by atoms with E-state index in [0.717, 1.165) is 18.5 Å². The first-order chi connectivity index (χ1) is 7.97. The summed E-state index contributed by atoms with van der Waals surface area (Å²) in [6, 6.07) is 6.30. The van der Waals surface area contributed by atoms with E-state index < -0.39 is 10.0 Å². The molecule has 92 valence electrons. The second kappa shape index (κ2) is 4.46. The van der Waals surface area contributed by atoms with Crippen molar-refractivity contribution in [3.8, 4) is 0 Å². The lowest BCUT2D eigenvalue weighted by Crippen LogP contribution is -2.23. The van der Waals surface area contributed by atoms with E-state index in [1.54, 1.807) is 17.0 Å². The Kier molecular flexibility index (Phi) is 3.17. The van der Waals surface area contributed by atoms with E-state index in [1.165, 1.54) is 12.1 Å². The highest BCUT2D eigenvalue weighted by Crippen LogP contribution is 2.15. The fourth-order valence-corrected chi connectivity index (χ4v) is 2.39. The molecule has 1 amide bonds. The minimum absolute atomic E-state index is 0.0917. The summed E-state index contributed by atoms with van der Waals surface area (Å²) in [7, 11) is -3.64. The second-order valence-electron chi connectivity index (χ2n) is 4.11. The van der Waals surface area contributed by atoms with Crippen LogP contribution in [0.1, 0.15) is 18.4 Å². The van der Waals surface area contributed by atoms with Crippen molar-refractivity contribution in [3.05, 3.63) is 29.8 Å². The van der Waals surface area contributed by atoms with Gasteiger partial charge in [-0.1, -0.05) is 12.1 Å². The Hall–Kier alpha value is -1.40. The van der Waals surface area contributed by atoms with Crippen molar-refractivity contribution >= 4 is 15.9 Å². The maximum atomic E-state index is 11.4. The van der Waals surface area contributed by atoms with E-state index in [9.17, 15) is 13.2 Å². The molecule has 1 aromatic rings. The van der Waals surface area contributed by atoms with Gasteiger partial charge in [0.1, 0.15) is 0 Å². The molecule has 1 saturated heterocycles. The zero-order chi connectivity index (χ0) is 12.5. The molecule has 0 aliphatic carbocycles. The van der Waals surface area contributed by atoms with Gasteiger partial charge in [0.2, 0.25) is 15.9 Å². The van der Waals surface area contributed by atoms with Crippen LogP contribution in [0.3, 0.4) is 0 Å². The van der Waals surface area contributed by atoms with Crippen LogP contribution in [0.4, 0.5) is 0 Å². The third-order valence-corrected chi connectivity index (χ3v) is 3.73. The Bertz CT molecular complexity index is 522. The van der Waals surface area contributed by atoms with Crippen molar-refractivity contribution in [1.82, 2.24) is 4.90 Å². The van der Waals surface area contributed by atoms with Crippen LogP contribution in [0.15, 0.2) is 29.2 Å². The summed E-state index contributed by atoms with van der Waals surface area (Å²) in [5.41, 5.74) is 0.910. The van der Waals surface area contributed by atoms with Gasteiger partial charge in [-0.3, -0.25) is 4.79 Å². The molecule has 5 nitrogen and oxygen atoms in total. The van der Waals surface area contributed by atoms with Crippen molar-refractivity contribution in [2.24, 2.45) is 5.14 Å². The van der Waals surface area contributed by atoms with Gasteiger partial charge in [0.15, 0.2) is 0 Å². The summed E-state index contributed by atoms with van der Waals surface area (Å²) in [6.45, 7) is 1.31. The van der Waals surface area contributed by atoms with Crippen LogP contribution in [0.2, 0.25) is 0 Å². The first-order valence-corrected chi connectivity index (χ1v) is 6.91. The molecule has 0 bridgehead atoms. The van der Waals surface area contributed by atoms with Crippen molar-refractivity contribution in [3.63, 3.8) is 0 Å². The number of benzene rings is 1. The van der Waals surface area contributed by atoms with Crippen molar-refractivity contribution in [2.45, 2.75) is 24.3 Å². The summed E-state index contributed by atoms with van der Waals surface area (Å²) in [5.74, 6) is 0.153.